The number of benzene rings is 4. The van der Waals surface area contributed by atoms with Gasteiger partial charge in [-0.3, -0.25) is 0 Å². The lowest BCUT2D eigenvalue weighted by atomic mass is 9.87. The highest BCUT2D eigenvalue weighted by Crippen LogP contribution is 2.34. The van der Waals surface area contributed by atoms with Crippen LogP contribution in [-0.4, -0.2) is 16.8 Å². The number of hydrogen-bond acceptors (Lipinski definition) is 12. The van der Waals surface area contributed by atoms with Crippen molar-refractivity contribution >= 4 is 43.8 Å². The minimum absolute atomic E-state index is 0.124. The fourth-order valence-electron chi connectivity index (χ4n) is 4.79. The summed E-state index contributed by atoms with van der Waals surface area (Å²) in [6.07, 6.45) is 3.00. The molecule has 0 radical (unpaired) electrons. The van der Waals surface area contributed by atoms with Crippen molar-refractivity contribution in [3.63, 3.8) is 0 Å². The summed E-state index contributed by atoms with van der Waals surface area (Å²) < 4.78 is 65.8. The summed E-state index contributed by atoms with van der Waals surface area (Å²) in [5.74, 6) is 0.291. The van der Waals surface area contributed by atoms with Gasteiger partial charge in [-0.15, -0.1) is 10.2 Å². The van der Waals surface area contributed by atoms with Gasteiger partial charge in [-0.25, -0.2) is 0 Å². The molecule has 0 spiro atoms. The van der Waals surface area contributed by atoms with Crippen LogP contribution in [0.15, 0.2) is 116 Å². The molecule has 2 aliphatic rings. The molecule has 14 heteroatoms. The Labute approximate surface area is 280 Å². The molecule has 0 bridgehead atoms. The molecule has 48 heavy (non-hydrogen) atoms. The van der Waals surface area contributed by atoms with E-state index in [1.54, 1.807) is 48.5 Å². The molecule has 0 aromatic heterocycles. The zero-order valence-corrected chi connectivity index (χ0v) is 28.8. The summed E-state index contributed by atoms with van der Waals surface area (Å²) in [7, 11) is -8.73. The summed E-state index contributed by atoms with van der Waals surface area (Å²) in [5.41, 5.74) is 3.12. The lowest BCUT2D eigenvalue weighted by molar-refractivity contribution is 0.483. The first-order valence-corrected chi connectivity index (χ1v) is 17.8. The van der Waals surface area contributed by atoms with Gasteiger partial charge in [0, 0.05) is 0 Å². The van der Waals surface area contributed by atoms with Crippen LogP contribution in [0.3, 0.4) is 0 Å². The summed E-state index contributed by atoms with van der Waals surface area (Å²) in [6, 6.07) is 22.9. The molecule has 248 valence electrons. The van der Waals surface area contributed by atoms with E-state index in [1.807, 2.05) is 24.3 Å². The third-order valence-electron chi connectivity index (χ3n) is 7.65. The molecule has 0 saturated carbocycles. The average Bonchev–Trinajstić information content (AvgIpc) is 3.93. The molecule has 4 aromatic rings. The van der Waals surface area contributed by atoms with Gasteiger partial charge in [0.2, 0.25) is 0 Å². The maximum atomic E-state index is 13.7. The van der Waals surface area contributed by atoms with Crippen molar-refractivity contribution in [2.45, 2.75) is 62.2 Å². The molecular formula is C34H34N6O6S2. The van der Waals surface area contributed by atoms with Crippen molar-refractivity contribution in [3.05, 3.63) is 107 Å². The largest absolute Gasteiger partial charge is 0.379 e. The van der Waals surface area contributed by atoms with Gasteiger partial charge < -0.3 is 8.37 Å². The summed E-state index contributed by atoms with van der Waals surface area (Å²) in [6.45, 7) is 12.3. The fraction of sp³-hybridized carbons (Fsp3) is 0.235. The van der Waals surface area contributed by atoms with Crippen molar-refractivity contribution in [3.8, 4) is 11.5 Å². The highest BCUT2D eigenvalue weighted by atomic mass is 32.2. The zero-order valence-electron chi connectivity index (χ0n) is 27.2. The maximum absolute atomic E-state index is 13.7. The number of anilines is 2. The minimum atomic E-state index is -4.36. The molecule has 0 fully saturated rings. The molecule has 0 N–H and O–H groups in total. The van der Waals surface area contributed by atoms with Crippen LogP contribution in [0, 0.1) is 0 Å². The first kappa shape index (κ1) is 32.8. The SMILES string of the molecule is CC(C)(C)c1ccc(OS(=O)(=O)c2cc(N3N=N3)ccc2/C=C/c2ccc(N3N=N3)cc2S(=O)(=O)Oc2ccc(C(C)(C)C)cc2)cc1. The van der Waals surface area contributed by atoms with E-state index in [0.29, 0.717) is 11.4 Å². The third kappa shape index (κ3) is 7.39. The van der Waals surface area contributed by atoms with Crippen molar-refractivity contribution in [1.29, 1.82) is 0 Å². The molecule has 0 aliphatic carbocycles. The second-order valence-corrected chi connectivity index (χ2v) is 16.4. The molecule has 6 rings (SSSR count). The summed E-state index contributed by atoms with van der Waals surface area (Å²) >= 11 is 0. The first-order chi connectivity index (χ1) is 22.5. The number of nitrogens with zero attached hydrogens (tertiary/aromatic N) is 6. The van der Waals surface area contributed by atoms with Gasteiger partial charge in [0.15, 0.2) is 0 Å². The van der Waals surface area contributed by atoms with Crippen LogP contribution >= 0.6 is 0 Å². The predicted molar refractivity (Wildman–Crippen MR) is 182 cm³/mol. The second-order valence-electron chi connectivity index (χ2n) is 13.3. The molecular weight excluding hydrogens is 653 g/mol. The highest BCUT2D eigenvalue weighted by molar-refractivity contribution is 7.87. The molecule has 0 saturated heterocycles. The normalized spacial score (nSPS) is 14.5. The Balaban J connectivity index is 1.34. The molecule has 4 aromatic carbocycles. The van der Waals surface area contributed by atoms with Crippen molar-refractivity contribution in [2.75, 3.05) is 10.2 Å². The zero-order chi connectivity index (χ0) is 34.5. The van der Waals surface area contributed by atoms with Crippen molar-refractivity contribution in [2.24, 2.45) is 20.9 Å². The van der Waals surface area contributed by atoms with Gasteiger partial charge >= 0.3 is 20.2 Å². The van der Waals surface area contributed by atoms with E-state index in [-0.39, 0.29) is 43.2 Å². The topological polar surface area (TPSA) is 142 Å². The van der Waals surface area contributed by atoms with Crippen LogP contribution in [0.2, 0.25) is 0 Å². The first-order valence-electron chi connectivity index (χ1n) is 15.0. The van der Waals surface area contributed by atoms with Gasteiger partial charge in [0.25, 0.3) is 0 Å². The average molecular weight is 687 g/mol. The highest BCUT2D eigenvalue weighted by Gasteiger charge is 2.27. The van der Waals surface area contributed by atoms with E-state index in [2.05, 4.69) is 62.4 Å². The van der Waals surface area contributed by atoms with Crippen LogP contribution in [-0.2, 0) is 31.1 Å². The van der Waals surface area contributed by atoms with Crippen molar-refractivity contribution < 1.29 is 25.2 Å². The van der Waals surface area contributed by atoms with Crippen molar-refractivity contribution in [1.82, 2.24) is 0 Å². The summed E-state index contributed by atoms with van der Waals surface area (Å²) in [4.78, 5) is -0.322. The van der Waals surface area contributed by atoms with E-state index >= 15 is 0 Å². The van der Waals surface area contributed by atoms with E-state index in [4.69, 9.17) is 8.37 Å². The van der Waals surface area contributed by atoms with E-state index < -0.39 is 20.2 Å². The second kappa shape index (κ2) is 11.9. The molecule has 12 nitrogen and oxygen atoms in total. The van der Waals surface area contributed by atoms with Gasteiger partial charge in [0.05, 0.1) is 11.4 Å². The molecule has 2 aliphatic heterocycles. The molecule has 0 amide bonds. The maximum Gasteiger partial charge on any atom is 0.339 e. The van der Waals surface area contributed by atoms with Crippen LogP contribution in [0.1, 0.15) is 63.8 Å². The number of hydrogen-bond donors (Lipinski definition) is 0. The Morgan fingerprint density at radius 1 is 0.521 bits per heavy atom. The lowest BCUT2D eigenvalue weighted by Crippen LogP contribution is -2.13. The fourth-order valence-corrected chi connectivity index (χ4v) is 7.08. The van der Waals surface area contributed by atoms with Gasteiger partial charge in [-0.05, 0) is 103 Å². The minimum Gasteiger partial charge on any atom is -0.379 e. The number of rotatable bonds is 10. The van der Waals surface area contributed by atoms with Crippen LogP contribution < -0.4 is 18.6 Å². The Kier molecular flexibility index (Phi) is 8.12. The Bertz CT molecular complexity index is 2020. The van der Waals surface area contributed by atoms with E-state index in [0.717, 1.165) is 11.1 Å². The van der Waals surface area contributed by atoms with Gasteiger partial charge in [-0.2, -0.15) is 16.8 Å². The molecule has 0 unspecified atom stereocenters. The smallest absolute Gasteiger partial charge is 0.339 e. The molecule has 2 heterocycles. The quantitative estimate of drug-likeness (QED) is 0.120. The monoisotopic (exact) mass is 686 g/mol. The van der Waals surface area contributed by atoms with Gasteiger partial charge in [0.1, 0.15) is 21.3 Å². The lowest BCUT2D eigenvalue weighted by Gasteiger charge is -2.19. The van der Waals surface area contributed by atoms with Crippen LogP contribution in [0.4, 0.5) is 11.4 Å². The predicted octanol–water partition coefficient (Wildman–Crippen LogP) is 8.19. The standard InChI is InChI=1S/C34H34N6O6S2/c1-33(2,3)25-11-17-29(18-12-25)45-47(41,42)31-21-27(39-35-36-39)15-9-23(31)7-8-24-10-16-28(40-37-38-40)22-32(24)48(43,44)46-30-19-13-26(14-20-30)34(4,5)6/h7-22H,1-6H3/b8-7+. The van der Waals surface area contributed by atoms with Crippen LogP contribution in [0.5, 0.6) is 11.5 Å². The Hall–Kier alpha value is -5.08. The Morgan fingerprint density at radius 3 is 1.15 bits per heavy atom. The van der Waals surface area contributed by atoms with E-state index in [9.17, 15) is 16.8 Å². The van der Waals surface area contributed by atoms with Crippen LogP contribution in [0.25, 0.3) is 12.2 Å². The third-order valence-corrected chi connectivity index (χ3v) is 10.3. The Morgan fingerprint density at radius 2 is 0.854 bits per heavy atom. The van der Waals surface area contributed by atoms with E-state index in [1.165, 1.54) is 34.5 Å². The van der Waals surface area contributed by atoms with Gasteiger partial charge in [-0.1, -0.05) is 90.1 Å². The summed E-state index contributed by atoms with van der Waals surface area (Å²) in [5, 5.41) is 17.6. The molecule has 0 atom stereocenters.